The fraction of sp³-hybridized carbons (Fsp3) is 0.364. The maximum atomic E-state index is 12.8. The normalized spacial score (nSPS) is 15.5. The minimum absolute atomic E-state index is 0.121. The maximum Gasteiger partial charge on any atom is 0.413 e. The highest BCUT2D eigenvalue weighted by Crippen LogP contribution is 2.31. The van der Waals surface area contributed by atoms with Crippen molar-refractivity contribution in [2.24, 2.45) is 5.73 Å². The molecule has 0 heterocycles. The van der Waals surface area contributed by atoms with Gasteiger partial charge in [-0.25, -0.2) is 4.39 Å². The third-order valence-corrected chi connectivity index (χ3v) is 2.49. The van der Waals surface area contributed by atoms with Gasteiger partial charge >= 0.3 is 6.18 Å². The van der Waals surface area contributed by atoms with E-state index in [-0.39, 0.29) is 11.1 Å². The minimum atomic E-state index is -4.86. The molecule has 0 saturated heterocycles. The molecule has 0 radical (unpaired) electrons. The molecule has 2 N–H and O–H groups in total. The number of carbonyl (C=O) groups excluding carboxylic acids is 1. The van der Waals surface area contributed by atoms with Crippen LogP contribution in [0.15, 0.2) is 18.2 Å². The Morgan fingerprint density at radius 3 is 2.24 bits per heavy atom. The van der Waals surface area contributed by atoms with Crippen molar-refractivity contribution in [1.82, 2.24) is 0 Å². The molecular weight excluding hydrogens is 238 g/mol. The first-order chi connectivity index (χ1) is 7.57. The number of ketones is 1. The summed E-state index contributed by atoms with van der Waals surface area (Å²) in [5.74, 6) is -1.90. The molecule has 0 aliphatic heterocycles. The summed E-state index contributed by atoms with van der Waals surface area (Å²) in [6, 6.07) is 2.91. The van der Waals surface area contributed by atoms with Gasteiger partial charge in [0.2, 0.25) is 0 Å². The third-order valence-electron chi connectivity index (χ3n) is 2.49. The number of carbonyl (C=O) groups is 1. The zero-order chi connectivity index (χ0) is 13.4. The first kappa shape index (κ1) is 13.6. The lowest BCUT2D eigenvalue weighted by molar-refractivity contribution is -0.165. The van der Waals surface area contributed by atoms with E-state index in [4.69, 9.17) is 5.73 Å². The van der Waals surface area contributed by atoms with E-state index in [1.165, 1.54) is 6.92 Å². The highest BCUT2D eigenvalue weighted by Gasteiger charge is 2.54. The maximum absolute atomic E-state index is 12.8. The van der Waals surface area contributed by atoms with Crippen molar-refractivity contribution in [2.45, 2.75) is 25.6 Å². The average Bonchev–Trinajstić information content (AvgIpc) is 2.14. The number of alkyl halides is 3. The van der Waals surface area contributed by atoms with E-state index >= 15 is 0 Å². The molecule has 0 spiro atoms. The summed E-state index contributed by atoms with van der Waals surface area (Å²) in [7, 11) is 0. The summed E-state index contributed by atoms with van der Waals surface area (Å²) < 4.78 is 50.5. The quantitative estimate of drug-likeness (QED) is 0.646. The van der Waals surface area contributed by atoms with Crippen LogP contribution in [-0.2, 0) is 0 Å². The van der Waals surface area contributed by atoms with Gasteiger partial charge in [0.1, 0.15) is 5.82 Å². The van der Waals surface area contributed by atoms with Gasteiger partial charge in [0.25, 0.3) is 0 Å². The third kappa shape index (κ3) is 2.46. The van der Waals surface area contributed by atoms with Gasteiger partial charge in [-0.1, -0.05) is 0 Å². The number of hydrogen-bond acceptors (Lipinski definition) is 2. The molecule has 94 valence electrons. The second-order valence-corrected chi connectivity index (χ2v) is 3.99. The van der Waals surface area contributed by atoms with E-state index in [9.17, 15) is 22.4 Å². The summed E-state index contributed by atoms with van der Waals surface area (Å²) in [6.45, 7) is 1.95. The van der Waals surface area contributed by atoms with E-state index in [1.807, 2.05) is 0 Å². The second-order valence-electron chi connectivity index (χ2n) is 3.99. The van der Waals surface area contributed by atoms with Gasteiger partial charge in [-0.3, -0.25) is 4.79 Å². The Morgan fingerprint density at radius 2 is 1.82 bits per heavy atom. The van der Waals surface area contributed by atoms with Crippen molar-refractivity contribution >= 4 is 5.78 Å². The van der Waals surface area contributed by atoms with Crippen molar-refractivity contribution < 1.29 is 22.4 Å². The Balaban J connectivity index is 3.22. The lowest BCUT2D eigenvalue weighted by Gasteiger charge is -2.26. The van der Waals surface area contributed by atoms with E-state index < -0.39 is 23.3 Å². The largest absolute Gasteiger partial charge is 0.413 e. The minimum Gasteiger partial charge on any atom is -0.311 e. The molecule has 1 aromatic rings. The van der Waals surface area contributed by atoms with Crippen molar-refractivity contribution in [3.8, 4) is 0 Å². The number of hydrogen-bond donors (Lipinski definition) is 1. The van der Waals surface area contributed by atoms with Crippen LogP contribution >= 0.6 is 0 Å². The van der Waals surface area contributed by atoms with Gasteiger partial charge in [0.15, 0.2) is 11.3 Å². The highest BCUT2D eigenvalue weighted by atomic mass is 19.4. The van der Waals surface area contributed by atoms with Crippen LogP contribution in [-0.4, -0.2) is 17.5 Å². The standard InChI is InChI=1S/C11H11F4NO/c1-6-5-7(12)3-4-8(6)9(17)10(2,16)11(13,14)15/h3-5H,16H2,1-2H3. The van der Waals surface area contributed by atoms with E-state index in [1.54, 1.807) is 0 Å². The second kappa shape index (κ2) is 4.10. The molecule has 0 aromatic heterocycles. The summed E-state index contributed by atoms with van der Waals surface area (Å²) in [5, 5.41) is 0. The molecule has 1 unspecified atom stereocenters. The number of nitrogens with two attached hydrogens (primary N) is 1. The number of Topliss-reactive ketones (excluding diaryl/α,β-unsaturated/α-hetero) is 1. The van der Waals surface area contributed by atoms with Crippen LogP contribution in [0.5, 0.6) is 0 Å². The predicted octanol–water partition coefficient (Wildman–Crippen LogP) is 2.60. The first-order valence-corrected chi connectivity index (χ1v) is 4.74. The van der Waals surface area contributed by atoms with Crippen molar-refractivity contribution in [3.63, 3.8) is 0 Å². The summed E-state index contributed by atoms with van der Waals surface area (Å²) >= 11 is 0. The lowest BCUT2D eigenvalue weighted by Crippen LogP contribution is -2.57. The summed E-state index contributed by atoms with van der Waals surface area (Å²) in [6.07, 6.45) is -4.86. The van der Waals surface area contributed by atoms with E-state index in [0.29, 0.717) is 6.92 Å². The van der Waals surface area contributed by atoms with Crippen LogP contribution in [0.25, 0.3) is 0 Å². The van der Waals surface area contributed by atoms with Crippen LogP contribution in [0.2, 0.25) is 0 Å². The summed E-state index contributed by atoms with van der Waals surface area (Å²) in [5.41, 5.74) is 1.92. The highest BCUT2D eigenvalue weighted by molar-refractivity contribution is 6.04. The van der Waals surface area contributed by atoms with Crippen LogP contribution < -0.4 is 5.73 Å². The van der Waals surface area contributed by atoms with Crippen LogP contribution in [0.3, 0.4) is 0 Å². The van der Waals surface area contributed by atoms with Crippen LogP contribution in [0, 0.1) is 12.7 Å². The van der Waals surface area contributed by atoms with Gasteiger partial charge < -0.3 is 5.73 Å². The van der Waals surface area contributed by atoms with Crippen molar-refractivity contribution in [1.29, 1.82) is 0 Å². The molecule has 0 saturated carbocycles. The molecule has 0 fully saturated rings. The number of aryl methyl sites for hydroxylation is 1. The molecule has 0 bridgehead atoms. The molecule has 1 rings (SSSR count). The van der Waals surface area contributed by atoms with Gasteiger partial charge in [0, 0.05) is 5.56 Å². The average molecular weight is 249 g/mol. The van der Waals surface area contributed by atoms with Gasteiger partial charge in [0.05, 0.1) is 0 Å². The van der Waals surface area contributed by atoms with Gasteiger partial charge in [-0.2, -0.15) is 13.2 Å². The lowest BCUT2D eigenvalue weighted by atomic mass is 9.89. The Labute approximate surface area is 95.4 Å². The predicted molar refractivity (Wildman–Crippen MR) is 54.1 cm³/mol. The molecule has 0 aliphatic rings. The van der Waals surface area contributed by atoms with E-state index in [0.717, 1.165) is 18.2 Å². The first-order valence-electron chi connectivity index (χ1n) is 4.74. The topological polar surface area (TPSA) is 43.1 Å². The molecule has 17 heavy (non-hydrogen) atoms. The van der Waals surface area contributed by atoms with Crippen molar-refractivity contribution in [3.05, 3.63) is 35.1 Å². The number of rotatable bonds is 2. The van der Waals surface area contributed by atoms with Crippen LogP contribution in [0.1, 0.15) is 22.8 Å². The summed E-state index contributed by atoms with van der Waals surface area (Å²) in [4.78, 5) is 11.7. The Morgan fingerprint density at radius 1 is 1.29 bits per heavy atom. The van der Waals surface area contributed by atoms with E-state index in [2.05, 4.69) is 0 Å². The molecule has 0 amide bonds. The molecular formula is C11H11F4NO. The number of benzene rings is 1. The SMILES string of the molecule is Cc1cc(F)ccc1C(=O)C(C)(N)C(F)(F)F. The Hall–Kier alpha value is -1.43. The molecule has 6 heteroatoms. The molecule has 2 nitrogen and oxygen atoms in total. The molecule has 1 aromatic carbocycles. The monoisotopic (exact) mass is 249 g/mol. The molecule has 1 atom stereocenters. The Kier molecular flexibility index (Phi) is 3.29. The van der Waals surface area contributed by atoms with Crippen LogP contribution in [0.4, 0.5) is 17.6 Å². The smallest absolute Gasteiger partial charge is 0.311 e. The van der Waals surface area contributed by atoms with Gasteiger partial charge in [-0.05, 0) is 37.6 Å². The Bertz CT molecular complexity index is 451. The molecule has 0 aliphatic carbocycles. The fourth-order valence-corrected chi connectivity index (χ4v) is 1.29. The zero-order valence-electron chi connectivity index (χ0n) is 9.23. The van der Waals surface area contributed by atoms with Gasteiger partial charge in [-0.15, -0.1) is 0 Å². The number of halogens is 4. The zero-order valence-corrected chi connectivity index (χ0v) is 9.23. The fourth-order valence-electron chi connectivity index (χ4n) is 1.29. The van der Waals surface area contributed by atoms with Crippen molar-refractivity contribution in [2.75, 3.05) is 0 Å².